The summed E-state index contributed by atoms with van der Waals surface area (Å²) in [6.07, 6.45) is 1.64. The lowest BCUT2D eigenvalue weighted by Crippen LogP contribution is -2.37. The zero-order chi connectivity index (χ0) is 19.3. The van der Waals surface area contributed by atoms with Gasteiger partial charge < -0.3 is 9.84 Å². The van der Waals surface area contributed by atoms with E-state index < -0.39 is 11.7 Å². The van der Waals surface area contributed by atoms with E-state index in [1.807, 2.05) is 44.2 Å². The molecular formula is C23H23ClO3. The maximum atomic E-state index is 13.0. The average Bonchev–Trinajstić information content (AvgIpc) is 3.01. The number of carbonyl (C=O) groups excluding carboxylic acids is 1. The van der Waals surface area contributed by atoms with Gasteiger partial charge in [0.1, 0.15) is 17.5 Å². The molecule has 0 amide bonds. The maximum Gasteiger partial charge on any atom is 0.195 e. The van der Waals surface area contributed by atoms with Gasteiger partial charge in [0.15, 0.2) is 5.78 Å². The van der Waals surface area contributed by atoms with Gasteiger partial charge in [-0.2, -0.15) is 0 Å². The first kappa shape index (κ1) is 18.3. The van der Waals surface area contributed by atoms with Crippen molar-refractivity contribution in [2.24, 2.45) is 0 Å². The lowest BCUT2D eigenvalue weighted by atomic mass is 9.86. The monoisotopic (exact) mass is 382 g/mol. The Morgan fingerprint density at radius 2 is 2.00 bits per heavy atom. The SMILES string of the molecule is CCc1ccc(-c2ccc(Cl)cc2C)cc1C1=C(O)[C@@]2(C)CC[C@H](O2)C1=O. The summed E-state index contributed by atoms with van der Waals surface area (Å²) in [5.74, 6) is -0.0388. The zero-order valence-corrected chi connectivity index (χ0v) is 16.6. The molecule has 4 heteroatoms. The summed E-state index contributed by atoms with van der Waals surface area (Å²) in [4.78, 5) is 13.0. The van der Waals surface area contributed by atoms with Crippen LogP contribution in [0.2, 0.25) is 5.02 Å². The standard InChI is InChI=1S/C23H23ClO3/c1-4-14-5-6-15(17-8-7-16(24)11-13(17)2)12-18(14)20-21(25)19-9-10-23(3,27-19)22(20)26/h5-8,11-12,19,26H,4,9-10H2,1-3H3/t19-,23+/m0/s1. The molecule has 0 radical (unpaired) electrons. The van der Waals surface area contributed by atoms with E-state index in [9.17, 15) is 9.90 Å². The molecule has 2 heterocycles. The molecule has 140 valence electrons. The number of rotatable bonds is 3. The van der Waals surface area contributed by atoms with Gasteiger partial charge in [-0.1, -0.05) is 36.7 Å². The van der Waals surface area contributed by atoms with E-state index in [0.29, 0.717) is 23.4 Å². The van der Waals surface area contributed by atoms with Gasteiger partial charge >= 0.3 is 0 Å². The Hall–Kier alpha value is -2.10. The van der Waals surface area contributed by atoms with Crippen LogP contribution in [0.1, 0.15) is 43.4 Å². The molecular weight excluding hydrogens is 360 g/mol. The van der Waals surface area contributed by atoms with Gasteiger partial charge in [0.2, 0.25) is 0 Å². The lowest BCUT2D eigenvalue weighted by molar-refractivity contribution is -0.130. The number of carbonyl (C=O) groups is 1. The van der Waals surface area contributed by atoms with Crippen LogP contribution in [0.3, 0.4) is 0 Å². The van der Waals surface area contributed by atoms with Crippen molar-refractivity contribution in [3.8, 4) is 11.1 Å². The van der Waals surface area contributed by atoms with Crippen molar-refractivity contribution >= 4 is 23.0 Å². The molecule has 4 rings (SSSR count). The Morgan fingerprint density at radius 3 is 2.70 bits per heavy atom. The molecule has 2 atom stereocenters. The fourth-order valence-electron chi connectivity index (χ4n) is 4.24. The molecule has 1 saturated heterocycles. The molecule has 1 N–H and O–H groups in total. The maximum absolute atomic E-state index is 13.0. The predicted octanol–water partition coefficient (Wildman–Crippen LogP) is 5.67. The Morgan fingerprint density at radius 1 is 1.22 bits per heavy atom. The number of hydrogen-bond acceptors (Lipinski definition) is 3. The van der Waals surface area contributed by atoms with E-state index in [-0.39, 0.29) is 11.5 Å². The molecule has 1 fully saturated rings. The summed E-state index contributed by atoms with van der Waals surface area (Å²) >= 11 is 6.10. The number of hydrogen-bond donors (Lipinski definition) is 1. The Bertz CT molecular complexity index is 976. The number of Topliss-reactive ketones (excluding diaryl/α,β-unsaturated/α-hetero) is 1. The summed E-state index contributed by atoms with van der Waals surface area (Å²) in [5.41, 5.74) is 4.67. The average molecular weight is 383 g/mol. The normalized spacial score (nSPS) is 24.6. The van der Waals surface area contributed by atoms with Crippen LogP contribution in [0.4, 0.5) is 0 Å². The van der Waals surface area contributed by atoms with Gasteiger partial charge in [-0.15, -0.1) is 0 Å². The number of ketones is 1. The number of benzene rings is 2. The summed E-state index contributed by atoms with van der Waals surface area (Å²) in [6, 6.07) is 11.9. The van der Waals surface area contributed by atoms with Crippen molar-refractivity contribution in [1.82, 2.24) is 0 Å². The third kappa shape index (κ3) is 2.90. The number of aliphatic hydroxyl groups is 1. The van der Waals surface area contributed by atoms with Crippen LogP contribution in [0.5, 0.6) is 0 Å². The van der Waals surface area contributed by atoms with E-state index >= 15 is 0 Å². The van der Waals surface area contributed by atoms with Crippen LogP contribution in [0.15, 0.2) is 42.2 Å². The highest BCUT2D eigenvalue weighted by Gasteiger charge is 2.50. The van der Waals surface area contributed by atoms with Crippen molar-refractivity contribution in [2.75, 3.05) is 0 Å². The van der Waals surface area contributed by atoms with Gasteiger partial charge in [-0.3, -0.25) is 4.79 Å². The first-order valence-corrected chi connectivity index (χ1v) is 9.77. The number of aryl methyl sites for hydroxylation is 2. The molecule has 0 spiro atoms. The van der Waals surface area contributed by atoms with Crippen LogP contribution in [0, 0.1) is 6.92 Å². The molecule has 2 aliphatic rings. The summed E-state index contributed by atoms with van der Waals surface area (Å²) in [5, 5.41) is 11.6. The van der Waals surface area contributed by atoms with E-state index in [1.54, 1.807) is 0 Å². The first-order chi connectivity index (χ1) is 12.8. The molecule has 0 aliphatic carbocycles. The fourth-order valence-corrected chi connectivity index (χ4v) is 4.46. The molecule has 2 aliphatic heterocycles. The number of fused-ring (bicyclic) bond motifs is 2. The molecule has 0 aromatic heterocycles. The minimum Gasteiger partial charge on any atom is -0.508 e. The van der Waals surface area contributed by atoms with Crippen LogP contribution in [0.25, 0.3) is 16.7 Å². The van der Waals surface area contributed by atoms with Crippen molar-refractivity contribution < 1.29 is 14.6 Å². The fraction of sp³-hybridized carbons (Fsp3) is 0.348. The molecule has 2 bridgehead atoms. The topological polar surface area (TPSA) is 46.5 Å². The largest absolute Gasteiger partial charge is 0.508 e. The minimum absolute atomic E-state index is 0.0703. The second-order valence-electron chi connectivity index (χ2n) is 7.65. The molecule has 27 heavy (non-hydrogen) atoms. The number of ether oxygens (including phenoxy) is 1. The highest BCUT2D eigenvalue weighted by Crippen LogP contribution is 2.45. The summed E-state index contributed by atoms with van der Waals surface area (Å²) in [6.45, 7) is 5.95. The van der Waals surface area contributed by atoms with Crippen molar-refractivity contribution in [3.05, 3.63) is 63.9 Å². The van der Waals surface area contributed by atoms with E-state index in [0.717, 1.165) is 34.2 Å². The second kappa shape index (κ2) is 6.50. The smallest absolute Gasteiger partial charge is 0.195 e. The molecule has 3 nitrogen and oxygen atoms in total. The second-order valence-corrected chi connectivity index (χ2v) is 8.09. The molecule has 0 saturated carbocycles. The summed E-state index contributed by atoms with van der Waals surface area (Å²) in [7, 11) is 0. The highest BCUT2D eigenvalue weighted by atomic mass is 35.5. The van der Waals surface area contributed by atoms with Gasteiger partial charge in [-0.05, 0) is 79.1 Å². The van der Waals surface area contributed by atoms with Gasteiger partial charge in [0, 0.05) is 5.02 Å². The quantitative estimate of drug-likeness (QED) is 0.744. The van der Waals surface area contributed by atoms with E-state index in [2.05, 4.69) is 13.0 Å². The Kier molecular flexibility index (Phi) is 4.40. The number of aliphatic hydroxyl groups excluding tert-OH is 1. The van der Waals surface area contributed by atoms with Gasteiger partial charge in [0.25, 0.3) is 0 Å². The van der Waals surface area contributed by atoms with Gasteiger partial charge in [-0.25, -0.2) is 0 Å². The third-order valence-corrected chi connectivity index (χ3v) is 6.06. The van der Waals surface area contributed by atoms with Crippen LogP contribution < -0.4 is 0 Å². The Balaban J connectivity index is 1.91. The molecule has 2 aromatic carbocycles. The molecule has 0 unspecified atom stereocenters. The van der Waals surface area contributed by atoms with Crippen molar-refractivity contribution in [2.45, 2.75) is 51.7 Å². The minimum atomic E-state index is -0.759. The Labute approximate surface area is 164 Å². The highest BCUT2D eigenvalue weighted by molar-refractivity contribution is 6.30. The zero-order valence-electron chi connectivity index (χ0n) is 15.8. The van der Waals surface area contributed by atoms with Crippen LogP contribution in [-0.2, 0) is 16.0 Å². The molecule has 2 aromatic rings. The van der Waals surface area contributed by atoms with Gasteiger partial charge in [0.05, 0.1) is 5.57 Å². The predicted molar refractivity (Wildman–Crippen MR) is 108 cm³/mol. The van der Waals surface area contributed by atoms with Crippen molar-refractivity contribution in [1.29, 1.82) is 0 Å². The third-order valence-electron chi connectivity index (χ3n) is 5.82. The van der Waals surface area contributed by atoms with E-state index in [1.165, 1.54) is 0 Å². The first-order valence-electron chi connectivity index (χ1n) is 9.39. The van der Waals surface area contributed by atoms with Crippen LogP contribution >= 0.6 is 11.6 Å². The van der Waals surface area contributed by atoms with Crippen molar-refractivity contribution in [3.63, 3.8) is 0 Å². The summed E-state index contributed by atoms with van der Waals surface area (Å²) < 4.78 is 5.81. The number of halogens is 1. The van der Waals surface area contributed by atoms with E-state index in [4.69, 9.17) is 16.3 Å². The lowest BCUT2D eigenvalue weighted by Gasteiger charge is -2.31. The van der Waals surface area contributed by atoms with Crippen LogP contribution in [-0.4, -0.2) is 22.6 Å².